The summed E-state index contributed by atoms with van der Waals surface area (Å²) >= 11 is 3.15. The Bertz CT molecular complexity index is 488. The van der Waals surface area contributed by atoms with E-state index in [2.05, 4.69) is 15.9 Å². The normalized spacial score (nSPS) is 13.6. The van der Waals surface area contributed by atoms with Crippen LogP contribution < -0.4 is 5.73 Å². The number of benzene rings is 1. The van der Waals surface area contributed by atoms with Gasteiger partial charge in [0.1, 0.15) is 5.82 Å². The lowest BCUT2D eigenvalue weighted by Crippen LogP contribution is -2.20. The van der Waals surface area contributed by atoms with Crippen LogP contribution in [0.5, 0.6) is 0 Å². The molecule has 0 heterocycles. The molecule has 0 spiro atoms. The molecule has 0 aliphatic rings. The van der Waals surface area contributed by atoms with Crippen LogP contribution in [-0.4, -0.2) is 20.2 Å². The third-order valence-corrected chi connectivity index (χ3v) is 4.62. The third kappa shape index (κ3) is 5.14. The van der Waals surface area contributed by atoms with Crippen molar-refractivity contribution in [2.24, 2.45) is 5.73 Å². The maximum absolute atomic E-state index is 12.8. The third-order valence-electron chi connectivity index (χ3n) is 2.27. The zero-order valence-corrected chi connectivity index (χ0v) is 11.9. The first-order chi connectivity index (χ1) is 7.80. The van der Waals surface area contributed by atoms with Crippen LogP contribution in [0.2, 0.25) is 0 Å². The van der Waals surface area contributed by atoms with Gasteiger partial charge in [0.25, 0.3) is 0 Å². The van der Waals surface area contributed by atoms with Crippen molar-refractivity contribution in [3.05, 3.63) is 34.1 Å². The van der Waals surface area contributed by atoms with Crippen LogP contribution >= 0.6 is 15.9 Å². The minimum atomic E-state index is -3.20. The van der Waals surface area contributed by atoms with E-state index in [0.717, 1.165) is 0 Å². The second kappa shape index (κ2) is 5.93. The highest BCUT2D eigenvalue weighted by Crippen LogP contribution is 2.20. The highest BCUT2D eigenvalue weighted by Gasteiger charge is 2.15. The van der Waals surface area contributed by atoms with Crippen LogP contribution in [0, 0.1) is 5.82 Å². The molecule has 0 saturated carbocycles. The van der Waals surface area contributed by atoms with Crippen LogP contribution in [0.1, 0.15) is 18.9 Å². The molecular formula is C11H15BrFNO2S. The van der Waals surface area contributed by atoms with E-state index in [1.807, 2.05) is 0 Å². The summed E-state index contributed by atoms with van der Waals surface area (Å²) in [7, 11) is -3.20. The van der Waals surface area contributed by atoms with Crippen LogP contribution in [0.25, 0.3) is 0 Å². The number of rotatable bonds is 5. The smallest absolute Gasteiger partial charge is 0.154 e. The summed E-state index contributed by atoms with van der Waals surface area (Å²) in [6, 6.07) is 3.85. The highest BCUT2D eigenvalue weighted by atomic mass is 79.9. The van der Waals surface area contributed by atoms with E-state index in [1.165, 1.54) is 18.2 Å². The van der Waals surface area contributed by atoms with Crippen LogP contribution in [0.4, 0.5) is 4.39 Å². The SMILES string of the molecule is CC(N)CCS(=O)(=O)Cc1ccc(F)cc1Br. The van der Waals surface area contributed by atoms with Crippen LogP contribution in [-0.2, 0) is 15.6 Å². The monoisotopic (exact) mass is 323 g/mol. The van der Waals surface area contributed by atoms with Crippen molar-refractivity contribution in [3.8, 4) is 0 Å². The van der Waals surface area contributed by atoms with Gasteiger partial charge in [-0.05, 0) is 31.0 Å². The van der Waals surface area contributed by atoms with E-state index < -0.39 is 15.7 Å². The summed E-state index contributed by atoms with van der Waals surface area (Å²) in [4.78, 5) is 0. The minimum Gasteiger partial charge on any atom is -0.328 e. The van der Waals surface area contributed by atoms with Gasteiger partial charge in [-0.3, -0.25) is 0 Å². The van der Waals surface area contributed by atoms with Crippen molar-refractivity contribution in [1.29, 1.82) is 0 Å². The summed E-state index contributed by atoms with van der Waals surface area (Å²) in [6.45, 7) is 1.77. The Morgan fingerprint density at radius 2 is 2.12 bits per heavy atom. The topological polar surface area (TPSA) is 60.2 Å². The summed E-state index contributed by atoms with van der Waals surface area (Å²) in [5, 5.41) is 0. The lowest BCUT2D eigenvalue weighted by molar-refractivity contribution is 0.586. The fourth-order valence-electron chi connectivity index (χ4n) is 1.31. The molecule has 0 saturated heterocycles. The molecule has 0 aliphatic carbocycles. The van der Waals surface area contributed by atoms with E-state index >= 15 is 0 Å². The van der Waals surface area contributed by atoms with E-state index in [-0.39, 0.29) is 17.5 Å². The average molecular weight is 324 g/mol. The fraction of sp³-hybridized carbons (Fsp3) is 0.455. The maximum Gasteiger partial charge on any atom is 0.154 e. The highest BCUT2D eigenvalue weighted by molar-refractivity contribution is 9.10. The lowest BCUT2D eigenvalue weighted by atomic mass is 10.2. The summed E-state index contributed by atoms with van der Waals surface area (Å²) in [5.41, 5.74) is 6.09. The van der Waals surface area contributed by atoms with Crippen molar-refractivity contribution in [3.63, 3.8) is 0 Å². The molecule has 1 rings (SSSR count). The van der Waals surface area contributed by atoms with Gasteiger partial charge in [-0.1, -0.05) is 22.0 Å². The van der Waals surface area contributed by atoms with Gasteiger partial charge < -0.3 is 5.73 Å². The number of hydrogen-bond donors (Lipinski definition) is 1. The summed E-state index contributed by atoms with van der Waals surface area (Å²) in [6.07, 6.45) is 0.432. The van der Waals surface area contributed by atoms with Gasteiger partial charge in [0.05, 0.1) is 11.5 Å². The second-order valence-corrected chi connectivity index (χ2v) is 7.13. The summed E-state index contributed by atoms with van der Waals surface area (Å²) < 4.78 is 36.9. The average Bonchev–Trinajstić information content (AvgIpc) is 2.20. The summed E-state index contributed by atoms with van der Waals surface area (Å²) in [5.74, 6) is -0.441. The molecule has 1 aromatic rings. The van der Waals surface area contributed by atoms with Crippen molar-refractivity contribution < 1.29 is 12.8 Å². The van der Waals surface area contributed by atoms with E-state index in [4.69, 9.17) is 5.73 Å². The first-order valence-corrected chi connectivity index (χ1v) is 7.81. The Labute approximate surface area is 109 Å². The molecule has 6 heteroatoms. The van der Waals surface area contributed by atoms with E-state index in [0.29, 0.717) is 16.5 Å². The number of halogens is 2. The number of hydrogen-bond acceptors (Lipinski definition) is 3. The molecule has 1 atom stereocenters. The largest absolute Gasteiger partial charge is 0.328 e. The quantitative estimate of drug-likeness (QED) is 0.904. The zero-order chi connectivity index (χ0) is 13.1. The number of nitrogens with two attached hydrogens (primary N) is 1. The predicted molar refractivity (Wildman–Crippen MR) is 69.9 cm³/mol. The van der Waals surface area contributed by atoms with Gasteiger partial charge in [0.2, 0.25) is 0 Å². The Kier molecular flexibility index (Phi) is 5.09. The predicted octanol–water partition coefficient (Wildman–Crippen LogP) is 2.24. The molecule has 1 unspecified atom stereocenters. The molecule has 0 fully saturated rings. The van der Waals surface area contributed by atoms with E-state index in [1.54, 1.807) is 6.92 Å². The number of sulfone groups is 1. The van der Waals surface area contributed by atoms with Gasteiger partial charge in [0, 0.05) is 10.5 Å². The first-order valence-electron chi connectivity index (χ1n) is 5.20. The Morgan fingerprint density at radius 1 is 1.47 bits per heavy atom. The van der Waals surface area contributed by atoms with Crippen LogP contribution in [0.3, 0.4) is 0 Å². The Hall–Kier alpha value is -0.460. The molecule has 0 aromatic heterocycles. The molecule has 2 N–H and O–H groups in total. The molecule has 0 amide bonds. The van der Waals surface area contributed by atoms with Gasteiger partial charge in [0.15, 0.2) is 9.84 Å². The molecule has 0 aliphatic heterocycles. The Morgan fingerprint density at radius 3 is 2.65 bits per heavy atom. The molecule has 1 aromatic carbocycles. The standard InChI is InChI=1S/C11H15BrFNO2S/c1-8(14)4-5-17(15,16)7-9-2-3-10(13)6-11(9)12/h2-3,6,8H,4-5,7,14H2,1H3. The van der Waals surface area contributed by atoms with Gasteiger partial charge in [-0.2, -0.15) is 0 Å². The molecule has 0 radical (unpaired) electrons. The van der Waals surface area contributed by atoms with Crippen molar-refractivity contribution in [1.82, 2.24) is 0 Å². The van der Waals surface area contributed by atoms with E-state index in [9.17, 15) is 12.8 Å². The zero-order valence-electron chi connectivity index (χ0n) is 9.49. The molecule has 0 bridgehead atoms. The molecular weight excluding hydrogens is 309 g/mol. The minimum absolute atomic E-state index is 0.0501. The van der Waals surface area contributed by atoms with Gasteiger partial charge >= 0.3 is 0 Å². The second-order valence-electron chi connectivity index (χ2n) is 4.09. The van der Waals surface area contributed by atoms with Crippen molar-refractivity contribution >= 4 is 25.8 Å². The fourth-order valence-corrected chi connectivity index (χ4v) is 3.59. The van der Waals surface area contributed by atoms with Crippen molar-refractivity contribution in [2.45, 2.75) is 25.1 Å². The van der Waals surface area contributed by atoms with Gasteiger partial charge in [-0.15, -0.1) is 0 Å². The maximum atomic E-state index is 12.8. The Balaban J connectivity index is 2.76. The molecule has 3 nitrogen and oxygen atoms in total. The first kappa shape index (κ1) is 14.6. The lowest BCUT2D eigenvalue weighted by Gasteiger charge is -2.08. The molecule has 17 heavy (non-hydrogen) atoms. The van der Waals surface area contributed by atoms with Crippen molar-refractivity contribution in [2.75, 3.05) is 5.75 Å². The van der Waals surface area contributed by atoms with Crippen LogP contribution in [0.15, 0.2) is 22.7 Å². The molecule has 96 valence electrons. The van der Waals surface area contributed by atoms with Gasteiger partial charge in [-0.25, -0.2) is 12.8 Å².